The highest BCUT2D eigenvalue weighted by Gasteiger charge is 2.21. The summed E-state index contributed by atoms with van der Waals surface area (Å²) >= 11 is 3.28. The van der Waals surface area contributed by atoms with Crippen LogP contribution in [0.1, 0.15) is 38.5 Å². The monoisotopic (exact) mass is 261 g/mol. The normalized spacial score (nSPS) is 18.1. The number of halogens is 1. The molecular formula is C10H16BrNO2. The second kappa shape index (κ2) is 6.17. The minimum Gasteiger partial charge on any atom is -0.283 e. The fourth-order valence-electron chi connectivity index (χ4n) is 1.60. The van der Waals surface area contributed by atoms with Crippen LogP contribution < -0.4 is 0 Å². The number of alkyl halides is 1. The number of carbonyl (C=O) groups is 2. The Morgan fingerprint density at radius 2 is 2.14 bits per heavy atom. The zero-order valence-electron chi connectivity index (χ0n) is 8.30. The molecule has 1 rings (SSSR count). The Hall–Kier alpha value is -0.380. The molecule has 0 N–H and O–H groups in total. The van der Waals surface area contributed by atoms with Crippen LogP contribution in [0.2, 0.25) is 0 Å². The molecule has 0 unspecified atom stereocenters. The van der Waals surface area contributed by atoms with E-state index < -0.39 is 0 Å². The van der Waals surface area contributed by atoms with E-state index in [4.69, 9.17) is 0 Å². The lowest BCUT2D eigenvalue weighted by molar-refractivity contribution is -0.144. The molecule has 14 heavy (non-hydrogen) atoms. The molecule has 0 aliphatic carbocycles. The third kappa shape index (κ3) is 3.40. The van der Waals surface area contributed by atoms with Crippen LogP contribution in [0.25, 0.3) is 0 Å². The minimum atomic E-state index is -0.00338. The van der Waals surface area contributed by atoms with E-state index in [0.717, 1.165) is 31.0 Å². The predicted octanol–water partition coefficient (Wildman–Crippen LogP) is 2.09. The van der Waals surface area contributed by atoms with Gasteiger partial charge in [0.1, 0.15) is 0 Å². The van der Waals surface area contributed by atoms with E-state index in [1.165, 1.54) is 4.90 Å². The van der Waals surface area contributed by atoms with E-state index in [-0.39, 0.29) is 11.8 Å². The first kappa shape index (κ1) is 11.7. The lowest BCUT2D eigenvalue weighted by atomic mass is 10.2. The van der Waals surface area contributed by atoms with Gasteiger partial charge in [-0.3, -0.25) is 14.5 Å². The van der Waals surface area contributed by atoms with Crippen LogP contribution in [0, 0.1) is 0 Å². The molecule has 0 atom stereocenters. The highest BCUT2D eigenvalue weighted by molar-refractivity contribution is 9.09. The molecule has 2 amide bonds. The molecule has 1 fully saturated rings. The van der Waals surface area contributed by atoms with Crippen molar-refractivity contribution in [1.82, 2.24) is 4.90 Å². The molecule has 1 heterocycles. The molecule has 0 aromatic heterocycles. The van der Waals surface area contributed by atoms with Gasteiger partial charge in [-0.1, -0.05) is 22.4 Å². The van der Waals surface area contributed by atoms with Gasteiger partial charge in [-0.25, -0.2) is 0 Å². The zero-order chi connectivity index (χ0) is 10.4. The third-order valence-corrected chi connectivity index (χ3v) is 2.96. The van der Waals surface area contributed by atoms with Crippen molar-refractivity contribution in [2.45, 2.75) is 38.5 Å². The average molecular weight is 262 g/mol. The number of amides is 2. The van der Waals surface area contributed by atoms with E-state index in [1.807, 2.05) is 0 Å². The van der Waals surface area contributed by atoms with Crippen LogP contribution in [0.5, 0.6) is 0 Å². The smallest absolute Gasteiger partial charge is 0.229 e. The molecule has 4 heteroatoms. The Balaban J connectivity index is 2.46. The summed E-state index contributed by atoms with van der Waals surface area (Å²) in [5, 5.41) is 0.820. The van der Waals surface area contributed by atoms with Gasteiger partial charge in [0.15, 0.2) is 0 Å². The number of hydrogen-bond donors (Lipinski definition) is 0. The van der Waals surface area contributed by atoms with E-state index in [0.29, 0.717) is 19.4 Å². The summed E-state index contributed by atoms with van der Waals surface area (Å²) < 4.78 is 0. The summed E-state index contributed by atoms with van der Waals surface area (Å²) in [7, 11) is 0. The summed E-state index contributed by atoms with van der Waals surface area (Å²) in [4.78, 5) is 24.6. The summed E-state index contributed by atoms with van der Waals surface area (Å²) in [6, 6.07) is 0. The summed E-state index contributed by atoms with van der Waals surface area (Å²) in [6.07, 6.45) is 4.79. The quantitative estimate of drug-likeness (QED) is 0.730. The Bertz CT molecular complexity index is 218. The standard InChI is InChI=1S/C10H16BrNO2/c11-7-4-6-10(14)12-8-3-1-2-5-9(12)13/h1-8H2. The van der Waals surface area contributed by atoms with Gasteiger partial charge in [0.2, 0.25) is 11.8 Å². The fraction of sp³-hybridized carbons (Fsp3) is 0.800. The zero-order valence-corrected chi connectivity index (χ0v) is 9.88. The molecule has 0 saturated carbocycles. The lowest BCUT2D eigenvalue weighted by Crippen LogP contribution is -2.36. The molecule has 80 valence electrons. The molecule has 0 aromatic carbocycles. The van der Waals surface area contributed by atoms with Crippen molar-refractivity contribution in [1.29, 1.82) is 0 Å². The third-order valence-electron chi connectivity index (χ3n) is 2.40. The van der Waals surface area contributed by atoms with Crippen molar-refractivity contribution in [2.75, 3.05) is 11.9 Å². The van der Waals surface area contributed by atoms with Crippen LogP contribution in [0.15, 0.2) is 0 Å². The maximum absolute atomic E-state index is 11.6. The number of hydrogen-bond acceptors (Lipinski definition) is 2. The van der Waals surface area contributed by atoms with E-state index >= 15 is 0 Å². The second-order valence-electron chi connectivity index (χ2n) is 3.54. The molecule has 1 aliphatic heterocycles. The highest BCUT2D eigenvalue weighted by atomic mass is 79.9. The highest BCUT2D eigenvalue weighted by Crippen LogP contribution is 2.12. The number of rotatable bonds is 3. The van der Waals surface area contributed by atoms with Gasteiger partial charge < -0.3 is 0 Å². The first-order valence-electron chi connectivity index (χ1n) is 5.15. The minimum absolute atomic E-state index is 0.00338. The van der Waals surface area contributed by atoms with Crippen molar-refractivity contribution in [3.63, 3.8) is 0 Å². The van der Waals surface area contributed by atoms with E-state index in [2.05, 4.69) is 15.9 Å². The molecular weight excluding hydrogens is 246 g/mol. The molecule has 0 radical (unpaired) electrons. The molecule has 1 aliphatic rings. The van der Waals surface area contributed by atoms with Crippen LogP contribution in [0.4, 0.5) is 0 Å². The van der Waals surface area contributed by atoms with Gasteiger partial charge in [0.05, 0.1) is 0 Å². The van der Waals surface area contributed by atoms with Crippen molar-refractivity contribution in [3.05, 3.63) is 0 Å². The summed E-state index contributed by atoms with van der Waals surface area (Å²) in [5.41, 5.74) is 0. The van der Waals surface area contributed by atoms with Crippen molar-refractivity contribution in [3.8, 4) is 0 Å². The van der Waals surface area contributed by atoms with Crippen LogP contribution in [-0.4, -0.2) is 28.6 Å². The van der Waals surface area contributed by atoms with E-state index in [1.54, 1.807) is 0 Å². The maximum Gasteiger partial charge on any atom is 0.229 e. The Morgan fingerprint density at radius 3 is 2.86 bits per heavy atom. The van der Waals surface area contributed by atoms with Crippen LogP contribution in [0.3, 0.4) is 0 Å². The van der Waals surface area contributed by atoms with Gasteiger partial charge in [-0.15, -0.1) is 0 Å². The molecule has 0 spiro atoms. The molecule has 0 aromatic rings. The van der Waals surface area contributed by atoms with Gasteiger partial charge in [0.25, 0.3) is 0 Å². The van der Waals surface area contributed by atoms with Crippen LogP contribution >= 0.6 is 15.9 Å². The van der Waals surface area contributed by atoms with Crippen LogP contribution in [-0.2, 0) is 9.59 Å². The molecule has 1 saturated heterocycles. The Labute approximate surface area is 93.0 Å². The Kier molecular flexibility index (Phi) is 5.15. The topological polar surface area (TPSA) is 37.4 Å². The number of nitrogens with zero attached hydrogens (tertiary/aromatic N) is 1. The van der Waals surface area contributed by atoms with Crippen molar-refractivity contribution < 1.29 is 9.59 Å². The van der Waals surface area contributed by atoms with E-state index in [9.17, 15) is 9.59 Å². The van der Waals surface area contributed by atoms with Gasteiger partial charge >= 0.3 is 0 Å². The summed E-state index contributed by atoms with van der Waals surface area (Å²) in [6.45, 7) is 0.625. The fourth-order valence-corrected chi connectivity index (χ4v) is 1.88. The number of carbonyl (C=O) groups excluding carboxylic acids is 2. The van der Waals surface area contributed by atoms with Gasteiger partial charge in [0, 0.05) is 24.7 Å². The van der Waals surface area contributed by atoms with Gasteiger partial charge in [-0.05, 0) is 19.3 Å². The largest absolute Gasteiger partial charge is 0.283 e. The molecule has 3 nitrogen and oxygen atoms in total. The number of likely N-dealkylation sites (tertiary alicyclic amines) is 1. The van der Waals surface area contributed by atoms with Crippen molar-refractivity contribution in [2.24, 2.45) is 0 Å². The SMILES string of the molecule is O=C(CCCBr)N1CCCCCC1=O. The lowest BCUT2D eigenvalue weighted by Gasteiger charge is -2.17. The summed E-state index contributed by atoms with van der Waals surface area (Å²) in [5.74, 6) is 0.0124. The average Bonchev–Trinajstić information content (AvgIpc) is 2.39. The Morgan fingerprint density at radius 1 is 1.36 bits per heavy atom. The first-order chi connectivity index (χ1) is 6.75. The maximum atomic E-state index is 11.6. The molecule has 0 bridgehead atoms. The predicted molar refractivity (Wildman–Crippen MR) is 58.2 cm³/mol. The second-order valence-corrected chi connectivity index (χ2v) is 4.34. The first-order valence-corrected chi connectivity index (χ1v) is 6.27. The van der Waals surface area contributed by atoms with Crippen molar-refractivity contribution >= 4 is 27.7 Å². The number of imide groups is 1. The van der Waals surface area contributed by atoms with Gasteiger partial charge in [-0.2, -0.15) is 0 Å².